The van der Waals surface area contributed by atoms with Crippen LogP contribution in [0.5, 0.6) is 0 Å². The van der Waals surface area contributed by atoms with Crippen molar-refractivity contribution >= 4 is 6.29 Å². The summed E-state index contributed by atoms with van der Waals surface area (Å²) >= 11 is 0. The highest BCUT2D eigenvalue weighted by atomic mass is 16.1. The van der Waals surface area contributed by atoms with Crippen LogP contribution >= 0.6 is 0 Å². The van der Waals surface area contributed by atoms with E-state index in [2.05, 4.69) is 55.5 Å². The van der Waals surface area contributed by atoms with Crippen molar-refractivity contribution < 1.29 is 4.79 Å². The zero-order valence-electron chi connectivity index (χ0n) is 10.5. The molecule has 1 aliphatic rings. The second-order valence-corrected chi connectivity index (χ2v) is 5.17. The van der Waals surface area contributed by atoms with E-state index in [1.165, 1.54) is 22.3 Å². The van der Waals surface area contributed by atoms with E-state index in [0.29, 0.717) is 0 Å². The fourth-order valence-corrected chi connectivity index (χ4v) is 2.50. The molecule has 1 saturated carbocycles. The average molecular weight is 236 g/mol. The lowest BCUT2D eigenvalue weighted by Crippen LogP contribution is -2.07. The van der Waals surface area contributed by atoms with Crippen molar-refractivity contribution in [1.82, 2.24) is 0 Å². The third-order valence-corrected chi connectivity index (χ3v) is 3.91. The van der Waals surface area contributed by atoms with E-state index in [4.69, 9.17) is 0 Å². The second kappa shape index (κ2) is 4.09. The van der Waals surface area contributed by atoms with Crippen molar-refractivity contribution in [2.45, 2.75) is 25.2 Å². The minimum atomic E-state index is -0.182. The molecule has 0 saturated heterocycles. The SMILES string of the molecule is Cc1ccccc1-c1cccc(C2(C=O)CC2)c1. The smallest absolute Gasteiger partial charge is 0.130 e. The molecule has 0 unspecified atom stereocenters. The number of benzene rings is 2. The normalized spacial score (nSPS) is 16.3. The minimum absolute atomic E-state index is 0.182. The van der Waals surface area contributed by atoms with Gasteiger partial charge in [0.05, 0.1) is 5.41 Å². The van der Waals surface area contributed by atoms with Crippen molar-refractivity contribution in [2.24, 2.45) is 0 Å². The van der Waals surface area contributed by atoms with Crippen LogP contribution in [-0.4, -0.2) is 6.29 Å². The van der Waals surface area contributed by atoms with Gasteiger partial charge in [-0.25, -0.2) is 0 Å². The number of hydrogen-bond acceptors (Lipinski definition) is 1. The van der Waals surface area contributed by atoms with E-state index < -0.39 is 0 Å². The van der Waals surface area contributed by atoms with Crippen LogP contribution in [-0.2, 0) is 10.2 Å². The van der Waals surface area contributed by atoms with Crippen LogP contribution in [0.15, 0.2) is 48.5 Å². The van der Waals surface area contributed by atoms with Gasteiger partial charge >= 0.3 is 0 Å². The first-order chi connectivity index (χ1) is 8.75. The van der Waals surface area contributed by atoms with Gasteiger partial charge < -0.3 is 4.79 Å². The van der Waals surface area contributed by atoms with E-state index in [1.54, 1.807) is 0 Å². The van der Waals surface area contributed by atoms with Crippen molar-refractivity contribution in [3.63, 3.8) is 0 Å². The zero-order valence-corrected chi connectivity index (χ0v) is 10.5. The van der Waals surface area contributed by atoms with Crippen molar-refractivity contribution in [3.8, 4) is 11.1 Å². The predicted molar refractivity (Wildman–Crippen MR) is 73.6 cm³/mol. The summed E-state index contributed by atoms with van der Waals surface area (Å²) in [6.45, 7) is 2.12. The lowest BCUT2D eigenvalue weighted by atomic mass is 9.92. The summed E-state index contributed by atoms with van der Waals surface area (Å²) in [7, 11) is 0. The Morgan fingerprint density at radius 3 is 2.50 bits per heavy atom. The number of rotatable bonds is 3. The highest BCUT2D eigenvalue weighted by Crippen LogP contribution is 2.46. The molecule has 0 bridgehead atoms. The Hall–Kier alpha value is -1.89. The van der Waals surface area contributed by atoms with Crippen molar-refractivity contribution in [1.29, 1.82) is 0 Å². The quantitative estimate of drug-likeness (QED) is 0.739. The maximum atomic E-state index is 11.2. The molecule has 3 rings (SSSR count). The van der Waals surface area contributed by atoms with Crippen molar-refractivity contribution in [3.05, 3.63) is 59.7 Å². The van der Waals surface area contributed by atoms with E-state index in [-0.39, 0.29) is 5.41 Å². The predicted octanol–water partition coefficient (Wildman–Crippen LogP) is 3.89. The van der Waals surface area contributed by atoms with Gasteiger partial charge in [-0.3, -0.25) is 0 Å². The molecule has 0 aliphatic heterocycles. The Kier molecular flexibility index (Phi) is 2.55. The standard InChI is InChI=1S/C17H16O/c1-13-5-2-3-8-16(13)14-6-4-7-15(11-14)17(12-18)9-10-17/h2-8,11-12H,9-10H2,1H3. The second-order valence-electron chi connectivity index (χ2n) is 5.17. The maximum Gasteiger partial charge on any atom is 0.130 e. The molecule has 0 radical (unpaired) electrons. The topological polar surface area (TPSA) is 17.1 Å². The molecule has 2 aromatic carbocycles. The van der Waals surface area contributed by atoms with Crippen molar-refractivity contribution in [2.75, 3.05) is 0 Å². The van der Waals surface area contributed by atoms with Gasteiger partial charge in [-0.05, 0) is 42.0 Å². The van der Waals surface area contributed by atoms with Gasteiger partial charge in [0.15, 0.2) is 0 Å². The van der Waals surface area contributed by atoms with Gasteiger partial charge in [-0.1, -0.05) is 48.5 Å². The molecule has 0 aromatic heterocycles. The van der Waals surface area contributed by atoms with Crippen LogP contribution in [0.4, 0.5) is 0 Å². The summed E-state index contributed by atoms with van der Waals surface area (Å²) in [5, 5.41) is 0. The summed E-state index contributed by atoms with van der Waals surface area (Å²) in [6.07, 6.45) is 3.10. The molecule has 90 valence electrons. The molecule has 0 amide bonds. The molecular formula is C17H16O. The molecule has 1 nitrogen and oxygen atoms in total. The summed E-state index contributed by atoms with van der Waals surface area (Å²) in [6, 6.07) is 16.8. The summed E-state index contributed by atoms with van der Waals surface area (Å²) in [4.78, 5) is 11.2. The summed E-state index contributed by atoms with van der Waals surface area (Å²) in [5.74, 6) is 0. The maximum absolute atomic E-state index is 11.2. The Morgan fingerprint density at radius 2 is 1.83 bits per heavy atom. The molecule has 2 aromatic rings. The first kappa shape index (κ1) is 11.2. The number of hydrogen-bond donors (Lipinski definition) is 0. The number of aryl methyl sites for hydroxylation is 1. The number of carbonyl (C=O) groups is 1. The van der Waals surface area contributed by atoms with Gasteiger partial charge in [0.1, 0.15) is 6.29 Å². The Morgan fingerprint density at radius 1 is 1.06 bits per heavy atom. The lowest BCUT2D eigenvalue weighted by Gasteiger charge is -2.11. The van der Waals surface area contributed by atoms with Crippen LogP contribution in [0.3, 0.4) is 0 Å². The molecule has 1 fully saturated rings. The number of aldehydes is 1. The largest absolute Gasteiger partial charge is 0.302 e. The lowest BCUT2D eigenvalue weighted by molar-refractivity contribution is -0.109. The molecule has 0 spiro atoms. The third-order valence-electron chi connectivity index (χ3n) is 3.91. The van der Waals surface area contributed by atoms with Crippen LogP contribution in [0, 0.1) is 6.92 Å². The van der Waals surface area contributed by atoms with E-state index in [0.717, 1.165) is 19.1 Å². The molecule has 1 heteroatoms. The molecule has 0 heterocycles. The van der Waals surface area contributed by atoms with Gasteiger partial charge in [-0.2, -0.15) is 0 Å². The van der Waals surface area contributed by atoms with Crippen LogP contribution in [0.1, 0.15) is 24.0 Å². The molecule has 0 atom stereocenters. The Labute approximate surface area is 107 Å². The zero-order chi connectivity index (χ0) is 12.6. The molecular weight excluding hydrogens is 220 g/mol. The van der Waals surface area contributed by atoms with Crippen LogP contribution in [0.25, 0.3) is 11.1 Å². The van der Waals surface area contributed by atoms with E-state index in [9.17, 15) is 4.79 Å². The average Bonchev–Trinajstić information content (AvgIpc) is 3.20. The van der Waals surface area contributed by atoms with Crippen LogP contribution in [0.2, 0.25) is 0 Å². The highest BCUT2D eigenvalue weighted by molar-refractivity contribution is 5.76. The van der Waals surface area contributed by atoms with E-state index >= 15 is 0 Å². The fraction of sp³-hybridized carbons (Fsp3) is 0.235. The summed E-state index contributed by atoms with van der Waals surface area (Å²) in [5.41, 5.74) is 4.71. The molecule has 0 N–H and O–H groups in total. The Balaban J connectivity index is 2.07. The minimum Gasteiger partial charge on any atom is -0.302 e. The third kappa shape index (κ3) is 1.76. The van der Waals surface area contributed by atoms with E-state index in [1.807, 2.05) is 0 Å². The van der Waals surface area contributed by atoms with Gasteiger partial charge in [0, 0.05) is 0 Å². The first-order valence-corrected chi connectivity index (χ1v) is 6.38. The first-order valence-electron chi connectivity index (χ1n) is 6.38. The molecule has 18 heavy (non-hydrogen) atoms. The molecule has 1 aliphatic carbocycles. The fourth-order valence-electron chi connectivity index (χ4n) is 2.50. The Bertz CT molecular complexity index is 594. The van der Waals surface area contributed by atoms with Gasteiger partial charge in [0.2, 0.25) is 0 Å². The summed E-state index contributed by atoms with van der Waals surface area (Å²) < 4.78 is 0. The monoisotopic (exact) mass is 236 g/mol. The number of carbonyl (C=O) groups excluding carboxylic acids is 1. The van der Waals surface area contributed by atoms with Crippen LogP contribution < -0.4 is 0 Å². The van der Waals surface area contributed by atoms with Gasteiger partial charge in [0.25, 0.3) is 0 Å². The van der Waals surface area contributed by atoms with Gasteiger partial charge in [-0.15, -0.1) is 0 Å². The highest BCUT2D eigenvalue weighted by Gasteiger charge is 2.44.